The summed E-state index contributed by atoms with van der Waals surface area (Å²) in [6, 6.07) is 4.14. The van der Waals surface area contributed by atoms with Gasteiger partial charge >= 0.3 is 0 Å². The molecule has 0 amide bonds. The van der Waals surface area contributed by atoms with Crippen molar-refractivity contribution in [2.45, 2.75) is 38.6 Å². The van der Waals surface area contributed by atoms with Crippen molar-refractivity contribution in [1.29, 1.82) is 0 Å². The van der Waals surface area contributed by atoms with Crippen LogP contribution in [0.4, 0.5) is 5.82 Å². The molecule has 0 aliphatic carbocycles. The fraction of sp³-hybridized carbons (Fsp3) is 0.700. The Labute approximate surface area is 168 Å². The zero-order valence-electron chi connectivity index (χ0n) is 16.6. The van der Waals surface area contributed by atoms with Gasteiger partial charge in [0.25, 0.3) is 0 Å². The lowest BCUT2D eigenvalue weighted by Crippen LogP contribution is -2.44. The van der Waals surface area contributed by atoms with E-state index in [-0.39, 0.29) is 0 Å². The number of hydrogen-bond donors (Lipinski definition) is 2. The van der Waals surface area contributed by atoms with Crippen molar-refractivity contribution >= 4 is 23.4 Å². The van der Waals surface area contributed by atoms with Crippen LogP contribution in [0.3, 0.4) is 0 Å². The number of rotatable bonds is 6. The molecule has 0 aromatic carbocycles. The molecule has 1 unspecified atom stereocenters. The first-order chi connectivity index (χ1) is 13.2. The van der Waals surface area contributed by atoms with E-state index in [4.69, 9.17) is 16.6 Å². The van der Waals surface area contributed by atoms with Crippen LogP contribution < -0.4 is 15.5 Å². The lowest BCUT2D eigenvalue weighted by Gasteiger charge is -2.28. The number of pyridine rings is 1. The number of aromatic nitrogens is 1. The van der Waals surface area contributed by atoms with Gasteiger partial charge in [-0.1, -0.05) is 11.6 Å². The van der Waals surface area contributed by atoms with E-state index in [1.165, 1.54) is 32.4 Å². The van der Waals surface area contributed by atoms with Gasteiger partial charge in [-0.25, -0.2) is 4.98 Å². The van der Waals surface area contributed by atoms with E-state index in [1.54, 1.807) is 6.20 Å². The summed E-state index contributed by atoms with van der Waals surface area (Å²) in [4.78, 5) is 13.9. The Hall–Kier alpha value is -1.53. The number of halogens is 1. The number of nitrogens with one attached hydrogen (secondary N) is 2. The number of hydrogen-bond acceptors (Lipinski definition) is 4. The van der Waals surface area contributed by atoms with Gasteiger partial charge in [0.1, 0.15) is 5.82 Å². The molecule has 0 spiro atoms. The molecule has 3 heterocycles. The second kappa shape index (κ2) is 10.1. The van der Waals surface area contributed by atoms with Gasteiger partial charge in [-0.3, -0.25) is 4.99 Å². The first-order valence-corrected chi connectivity index (χ1v) is 10.6. The van der Waals surface area contributed by atoms with Crippen molar-refractivity contribution in [3.63, 3.8) is 0 Å². The molecule has 7 heteroatoms. The minimum atomic E-state index is 0.365. The summed E-state index contributed by atoms with van der Waals surface area (Å²) in [7, 11) is 2.21. The summed E-state index contributed by atoms with van der Waals surface area (Å²) in [5.41, 5.74) is 0. The molecular formula is C20H33ClN6. The molecule has 2 fully saturated rings. The second-order valence-corrected chi connectivity index (χ2v) is 8.09. The molecule has 1 aromatic heterocycles. The molecule has 2 aliphatic heterocycles. The highest BCUT2D eigenvalue weighted by Gasteiger charge is 2.25. The molecule has 2 N–H and O–H groups in total. The molecule has 27 heavy (non-hydrogen) atoms. The summed E-state index contributed by atoms with van der Waals surface area (Å²) in [5, 5.41) is 7.71. The third-order valence-electron chi connectivity index (χ3n) is 5.56. The standard InChI is InChI=1S/C20H33ClN6/c1-3-22-20(24-11-6-16-7-12-26(2)13-8-16)25-17-9-14-27(15-17)19-18(21)5-4-10-23-19/h4-5,10,16-17H,3,6-9,11-15H2,1-2H3,(H2,22,24,25). The molecule has 0 saturated carbocycles. The largest absolute Gasteiger partial charge is 0.357 e. The number of guanidine groups is 1. The molecule has 0 bridgehead atoms. The van der Waals surface area contributed by atoms with E-state index >= 15 is 0 Å². The molecule has 150 valence electrons. The van der Waals surface area contributed by atoms with Crippen molar-refractivity contribution < 1.29 is 0 Å². The number of nitrogens with zero attached hydrogens (tertiary/aromatic N) is 4. The fourth-order valence-electron chi connectivity index (χ4n) is 3.90. The summed E-state index contributed by atoms with van der Waals surface area (Å²) in [6.45, 7) is 8.19. The van der Waals surface area contributed by atoms with Crippen molar-refractivity contribution in [2.75, 3.05) is 51.2 Å². The number of aliphatic imine (C=N–C) groups is 1. The van der Waals surface area contributed by atoms with Crippen molar-refractivity contribution in [1.82, 2.24) is 20.5 Å². The van der Waals surface area contributed by atoms with Gasteiger partial charge in [0.15, 0.2) is 5.96 Å². The van der Waals surface area contributed by atoms with Crippen LogP contribution in [0, 0.1) is 5.92 Å². The maximum atomic E-state index is 6.30. The summed E-state index contributed by atoms with van der Waals surface area (Å²) in [6.07, 6.45) is 6.66. The quantitative estimate of drug-likeness (QED) is 0.575. The normalized spacial score (nSPS) is 22.3. The zero-order chi connectivity index (χ0) is 19.1. The molecule has 1 atom stereocenters. The second-order valence-electron chi connectivity index (χ2n) is 7.68. The van der Waals surface area contributed by atoms with E-state index in [2.05, 4.69) is 39.4 Å². The van der Waals surface area contributed by atoms with Crippen LogP contribution in [-0.2, 0) is 0 Å². The summed E-state index contributed by atoms with van der Waals surface area (Å²) in [5.74, 6) is 2.64. The van der Waals surface area contributed by atoms with Crippen LogP contribution in [0.1, 0.15) is 32.6 Å². The lowest BCUT2D eigenvalue weighted by molar-refractivity contribution is 0.214. The third kappa shape index (κ3) is 5.98. The first kappa shape index (κ1) is 20.2. The van der Waals surface area contributed by atoms with Gasteiger partial charge in [0.05, 0.1) is 5.02 Å². The highest BCUT2D eigenvalue weighted by Crippen LogP contribution is 2.25. The summed E-state index contributed by atoms with van der Waals surface area (Å²) < 4.78 is 0. The fourth-order valence-corrected chi connectivity index (χ4v) is 4.14. The minimum Gasteiger partial charge on any atom is -0.357 e. The van der Waals surface area contributed by atoms with Crippen LogP contribution in [-0.4, -0.2) is 68.2 Å². The molecule has 1 aromatic rings. The number of likely N-dealkylation sites (tertiary alicyclic amines) is 1. The van der Waals surface area contributed by atoms with Gasteiger partial charge in [0.2, 0.25) is 0 Å². The van der Waals surface area contributed by atoms with Gasteiger partial charge < -0.3 is 20.4 Å². The van der Waals surface area contributed by atoms with Gasteiger partial charge in [-0.2, -0.15) is 0 Å². The molecule has 6 nitrogen and oxygen atoms in total. The minimum absolute atomic E-state index is 0.365. The van der Waals surface area contributed by atoms with Crippen LogP contribution in [0.25, 0.3) is 0 Å². The van der Waals surface area contributed by atoms with Gasteiger partial charge in [-0.15, -0.1) is 0 Å². The zero-order valence-corrected chi connectivity index (χ0v) is 17.4. The molecular weight excluding hydrogens is 360 g/mol. The molecule has 2 aliphatic rings. The topological polar surface area (TPSA) is 55.8 Å². The van der Waals surface area contributed by atoms with Crippen LogP contribution in [0.15, 0.2) is 23.3 Å². The molecule has 0 radical (unpaired) electrons. The van der Waals surface area contributed by atoms with E-state index in [9.17, 15) is 0 Å². The predicted octanol–water partition coefficient (Wildman–Crippen LogP) is 2.60. The van der Waals surface area contributed by atoms with Crippen LogP contribution in [0.2, 0.25) is 5.02 Å². The Bertz CT molecular complexity index is 614. The van der Waals surface area contributed by atoms with Gasteiger partial charge in [0, 0.05) is 38.4 Å². The van der Waals surface area contributed by atoms with Gasteiger partial charge in [-0.05, 0) is 70.8 Å². The molecule has 3 rings (SSSR count). The Morgan fingerprint density at radius 2 is 2.11 bits per heavy atom. The number of anilines is 1. The first-order valence-electron chi connectivity index (χ1n) is 10.2. The van der Waals surface area contributed by atoms with E-state index in [0.29, 0.717) is 6.04 Å². The maximum Gasteiger partial charge on any atom is 0.191 e. The monoisotopic (exact) mass is 392 g/mol. The Morgan fingerprint density at radius 3 is 2.85 bits per heavy atom. The van der Waals surface area contributed by atoms with Crippen molar-refractivity contribution in [2.24, 2.45) is 10.9 Å². The Balaban J connectivity index is 1.48. The van der Waals surface area contributed by atoms with Crippen LogP contribution >= 0.6 is 11.6 Å². The third-order valence-corrected chi connectivity index (χ3v) is 5.85. The Kier molecular flexibility index (Phi) is 7.59. The predicted molar refractivity (Wildman–Crippen MR) is 114 cm³/mol. The van der Waals surface area contributed by atoms with E-state index in [1.807, 2.05) is 12.1 Å². The lowest BCUT2D eigenvalue weighted by atomic mass is 9.94. The highest BCUT2D eigenvalue weighted by molar-refractivity contribution is 6.32. The van der Waals surface area contributed by atoms with Crippen LogP contribution in [0.5, 0.6) is 0 Å². The van der Waals surface area contributed by atoms with Crippen molar-refractivity contribution in [3.8, 4) is 0 Å². The SMILES string of the molecule is CCNC(=NCCC1CCN(C)CC1)NC1CCN(c2ncccc2Cl)C1. The molecule has 2 saturated heterocycles. The highest BCUT2D eigenvalue weighted by atomic mass is 35.5. The van der Waals surface area contributed by atoms with Crippen molar-refractivity contribution in [3.05, 3.63) is 23.4 Å². The average Bonchev–Trinajstić information content (AvgIpc) is 3.12. The average molecular weight is 393 g/mol. The smallest absolute Gasteiger partial charge is 0.191 e. The Morgan fingerprint density at radius 1 is 1.30 bits per heavy atom. The number of piperidine rings is 1. The maximum absolute atomic E-state index is 6.30. The summed E-state index contributed by atoms with van der Waals surface area (Å²) >= 11 is 6.30. The van der Waals surface area contributed by atoms with E-state index < -0.39 is 0 Å². The van der Waals surface area contributed by atoms with E-state index in [0.717, 1.165) is 55.3 Å².